The second-order valence-corrected chi connectivity index (χ2v) is 7.79. The van der Waals surface area contributed by atoms with Crippen molar-refractivity contribution in [2.75, 3.05) is 19.6 Å². The first-order valence-electron chi connectivity index (χ1n) is 10.3. The van der Waals surface area contributed by atoms with Crippen LogP contribution in [0.5, 0.6) is 0 Å². The van der Waals surface area contributed by atoms with Crippen LogP contribution < -0.4 is 5.32 Å². The fourth-order valence-corrected chi connectivity index (χ4v) is 3.86. The molecule has 2 aromatic carbocycles. The van der Waals surface area contributed by atoms with Crippen LogP contribution in [0.15, 0.2) is 48.5 Å². The summed E-state index contributed by atoms with van der Waals surface area (Å²) in [6.07, 6.45) is 4.15. The number of carbonyl (C=O) groups excluding carboxylic acids is 2. The molecule has 2 amide bonds. The molecule has 30 heavy (non-hydrogen) atoms. The number of nitrogens with zero attached hydrogens (tertiary/aromatic N) is 2. The molecule has 7 nitrogen and oxygen atoms in total. The molecule has 0 unspecified atom stereocenters. The lowest BCUT2D eigenvalue weighted by molar-refractivity contribution is -0.385. The number of amides is 2. The van der Waals surface area contributed by atoms with Crippen molar-refractivity contribution >= 4 is 17.5 Å². The first-order chi connectivity index (χ1) is 14.4. The summed E-state index contributed by atoms with van der Waals surface area (Å²) >= 11 is 0. The monoisotopic (exact) mass is 409 g/mol. The van der Waals surface area contributed by atoms with Gasteiger partial charge in [-0.1, -0.05) is 30.3 Å². The molecule has 0 aliphatic carbocycles. The average molecular weight is 409 g/mol. The van der Waals surface area contributed by atoms with Crippen LogP contribution in [0.3, 0.4) is 0 Å². The molecule has 1 saturated heterocycles. The Bertz CT molecular complexity index is 906. The van der Waals surface area contributed by atoms with Crippen molar-refractivity contribution in [1.29, 1.82) is 0 Å². The average Bonchev–Trinajstić information content (AvgIpc) is 2.76. The van der Waals surface area contributed by atoms with Gasteiger partial charge in [0.1, 0.15) is 0 Å². The zero-order valence-electron chi connectivity index (χ0n) is 17.2. The molecule has 1 N–H and O–H groups in total. The van der Waals surface area contributed by atoms with Gasteiger partial charge in [0.05, 0.1) is 11.5 Å². The lowest BCUT2D eigenvalue weighted by atomic mass is 9.90. The smallest absolute Gasteiger partial charge is 0.272 e. The Kier molecular flexibility index (Phi) is 7.17. The Labute approximate surface area is 176 Å². The molecule has 0 saturated carbocycles. The number of nitro benzene ring substituents is 1. The van der Waals surface area contributed by atoms with E-state index < -0.39 is 10.8 Å². The molecule has 1 aliphatic heterocycles. The molecule has 0 spiro atoms. The molecule has 7 heteroatoms. The van der Waals surface area contributed by atoms with Crippen molar-refractivity contribution in [1.82, 2.24) is 10.2 Å². The van der Waals surface area contributed by atoms with Gasteiger partial charge in [-0.15, -0.1) is 0 Å². The SMILES string of the molecule is Cc1cc(C(=O)NCC(=O)N2CCC(CCc3ccccc3)CC2)ccc1[N+](=O)[O-]. The van der Waals surface area contributed by atoms with Crippen molar-refractivity contribution in [3.63, 3.8) is 0 Å². The van der Waals surface area contributed by atoms with E-state index in [2.05, 4.69) is 29.6 Å². The van der Waals surface area contributed by atoms with Crippen LogP contribution >= 0.6 is 0 Å². The van der Waals surface area contributed by atoms with Crippen LogP contribution in [0, 0.1) is 23.0 Å². The second-order valence-electron chi connectivity index (χ2n) is 7.79. The summed E-state index contributed by atoms with van der Waals surface area (Å²) in [5.41, 5.74) is 2.04. The van der Waals surface area contributed by atoms with E-state index in [-0.39, 0.29) is 18.1 Å². The number of hydrogen-bond donors (Lipinski definition) is 1. The Balaban J connectivity index is 1.42. The summed E-state index contributed by atoms with van der Waals surface area (Å²) in [6, 6.07) is 14.6. The Hall–Kier alpha value is -3.22. The molecule has 1 heterocycles. The third-order valence-electron chi connectivity index (χ3n) is 5.71. The van der Waals surface area contributed by atoms with Gasteiger partial charge in [0.25, 0.3) is 11.6 Å². The van der Waals surface area contributed by atoms with Gasteiger partial charge >= 0.3 is 0 Å². The maximum atomic E-state index is 12.5. The molecule has 0 atom stereocenters. The first-order valence-corrected chi connectivity index (χ1v) is 10.3. The molecular weight excluding hydrogens is 382 g/mol. The molecule has 0 aromatic heterocycles. The standard InChI is InChI=1S/C23H27N3O4/c1-17-15-20(9-10-21(17)26(29)30)23(28)24-16-22(27)25-13-11-19(12-14-25)8-7-18-5-3-2-4-6-18/h2-6,9-10,15,19H,7-8,11-14,16H2,1H3,(H,24,28). The van der Waals surface area contributed by atoms with Crippen molar-refractivity contribution in [2.45, 2.75) is 32.6 Å². The number of rotatable bonds is 7. The second kappa shape index (κ2) is 10.0. The van der Waals surface area contributed by atoms with Gasteiger partial charge in [0.2, 0.25) is 5.91 Å². The predicted octanol–water partition coefficient (Wildman–Crippen LogP) is 3.50. The lowest BCUT2D eigenvalue weighted by Gasteiger charge is -2.32. The highest BCUT2D eigenvalue weighted by Gasteiger charge is 2.23. The van der Waals surface area contributed by atoms with Gasteiger partial charge in [0.15, 0.2) is 0 Å². The van der Waals surface area contributed by atoms with Crippen molar-refractivity contribution < 1.29 is 14.5 Å². The van der Waals surface area contributed by atoms with Crippen LogP contribution in [0.4, 0.5) is 5.69 Å². The fraction of sp³-hybridized carbons (Fsp3) is 0.391. The van der Waals surface area contributed by atoms with Crippen molar-refractivity contribution in [2.24, 2.45) is 5.92 Å². The minimum atomic E-state index is -0.482. The van der Waals surface area contributed by atoms with E-state index in [0.717, 1.165) is 25.7 Å². The third kappa shape index (κ3) is 5.65. The van der Waals surface area contributed by atoms with Gasteiger partial charge in [0, 0.05) is 30.3 Å². The molecule has 0 bridgehead atoms. The summed E-state index contributed by atoms with van der Waals surface area (Å²) in [6.45, 7) is 2.95. The number of aryl methyl sites for hydroxylation is 2. The Morgan fingerprint density at radius 1 is 1.13 bits per heavy atom. The van der Waals surface area contributed by atoms with Crippen molar-refractivity contribution in [3.05, 3.63) is 75.3 Å². The van der Waals surface area contributed by atoms with E-state index in [1.54, 1.807) is 11.8 Å². The van der Waals surface area contributed by atoms with Crippen LogP contribution in [0.1, 0.15) is 40.7 Å². The number of carbonyl (C=O) groups is 2. The minimum Gasteiger partial charge on any atom is -0.343 e. The topological polar surface area (TPSA) is 92.6 Å². The van der Waals surface area contributed by atoms with E-state index >= 15 is 0 Å². The number of hydrogen-bond acceptors (Lipinski definition) is 4. The van der Waals surface area contributed by atoms with Crippen LogP contribution in [-0.2, 0) is 11.2 Å². The van der Waals surface area contributed by atoms with Crippen LogP contribution in [0.2, 0.25) is 0 Å². The maximum absolute atomic E-state index is 12.5. The Morgan fingerprint density at radius 3 is 2.47 bits per heavy atom. The number of piperidine rings is 1. The fourth-order valence-electron chi connectivity index (χ4n) is 3.86. The van der Waals surface area contributed by atoms with E-state index in [1.165, 1.54) is 23.8 Å². The van der Waals surface area contributed by atoms with E-state index in [0.29, 0.717) is 30.1 Å². The van der Waals surface area contributed by atoms with Crippen LogP contribution in [0.25, 0.3) is 0 Å². The largest absolute Gasteiger partial charge is 0.343 e. The molecule has 0 radical (unpaired) electrons. The number of nitrogens with one attached hydrogen (secondary N) is 1. The molecule has 158 valence electrons. The molecular formula is C23H27N3O4. The molecule has 2 aromatic rings. The quantitative estimate of drug-likeness (QED) is 0.559. The molecule has 1 fully saturated rings. The molecule has 3 rings (SSSR count). The van der Waals surface area contributed by atoms with Gasteiger partial charge in [-0.3, -0.25) is 19.7 Å². The number of benzene rings is 2. The highest BCUT2D eigenvalue weighted by atomic mass is 16.6. The van der Waals surface area contributed by atoms with Crippen LogP contribution in [-0.4, -0.2) is 41.3 Å². The number of likely N-dealkylation sites (tertiary alicyclic amines) is 1. The molecule has 1 aliphatic rings. The minimum absolute atomic E-state index is 0.0299. The highest BCUT2D eigenvalue weighted by molar-refractivity contribution is 5.96. The zero-order valence-corrected chi connectivity index (χ0v) is 17.2. The summed E-state index contributed by atoms with van der Waals surface area (Å²) in [5, 5.41) is 13.5. The predicted molar refractivity (Wildman–Crippen MR) is 114 cm³/mol. The van der Waals surface area contributed by atoms with Crippen molar-refractivity contribution in [3.8, 4) is 0 Å². The van der Waals surface area contributed by atoms with Gasteiger partial charge in [-0.2, -0.15) is 0 Å². The summed E-state index contributed by atoms with van der Waals surface area (Å²) in [7, 11) is 0. The van der Waals surface area contributed by atoms with E-state index in [9.17, 15) is 19.7 Å². The summed E-state index contributed by atoms with van der Waals surface area (Å²) in [5.74, 6) is 0.120. The highest BCUT2D eigenvalue weighted by Crippen LogP contribution is 2.22. The normalized spacial score (nSPS) is 14.4. The first kappa shape index (κ1) is 21.5. The summed E-state index contributed by atoms with van der Waals surface area (Å²) in [4.78, 5) is 36.9. The van der Waals surface area contributed by atoms with Gasteiger partial charge < -0.3 is 10.2 Å². The third-order valence-corrected chi connectivity index (χ3v) is 5.71. The number of nitro groups is 1. The van der Waals surface area contributed by atoms with Gasteiger partial charge in [-0.25, -0.2) is 0 Å². The van der Waals surface area contributed by atoms with Gasteiger partial charge in [-0.05, 0) is 56.2 Å². The maximum Gasteiger partial charge on any atom is 0.272 e. The lowest BCUT2D eigenvalue weighted by Crippen LogP contribution is -2.44. The summed E-state index contributed by atoms with van der Waals surface area (Å²) < 4.78 is 0. The van der Waals surface area contributed by atoms with E-state index in [1.807, 2.05) is 6.07 Å². The Morgan fingerprint density at radius 2 is 1.83 bits per heavy atom. The zero-order chi connectivity index (χ0) is 21.5. The van der Waals surface area contributed by atoms with E-state index in [4.69, 9.17) is 0 Å².